The number of thiophene rings is 1. The summed E-state index contributed by atoms with van der Waals surface area (Å²) in [6.07, 6.45) is 3.52. The van der Waals surface area contributed by atoms with Gasteiger partial charge in [0.25, 0.3) is 0 Å². The Balaban J connectivity index is 1.76. The average molecular weight is 269 g/mol. The maximum atomic E-state index is 10.7. The van der Waals surface area contributed by atoms with Crippen LogP contribution in [0.5, 0.6) is 0 Å². The standard InChI is InChI=1S/C13H19NO3S/c15-8-10-3-1-2-9(10)6-14-7-11-4-5-12(18-11)13(16)17/h4-5,9-10,14-15H,1-3,6-8H2,(H,16,17). The molecule has 1 heterocycles. The average Bonchev–Trinajstić information content (AvgIpc) is 2.97. The molecular formula is C13H19NO3S. The summed E-state index contributed by atoms with van der Waals surface area (Å²) < 4.78 is 0. The zero-order chi connectivity index (χ0) is 13.0. The van der Waals surface area contributed by atoms with Gasteiger partial charge in [-0.15, -0.1) is 11.3 Å². The molecule has 0 bridgehead atoms. The Labute approximate surface area is 111 Å². The fraction of sp³-hybridized carbons (Fsp3) is 0.615. The Bertz CT molecular complexity index is 405. The third-order valence-corrected chi connectivity index (χ3v) is 4.70. The van der Waals surface area contributed by atoms with E-state index in [1.165, 1.54) is 24.2 Å². The van der Waals surface area contributed by atoms with Crippen LogP contribution in [-0.2, 0) is 6.54 Å². The Hall–Kier alpha value is -0.910. The number of hydrogen-bond donors (Lipinski definition) is 3. The molecule has 1 aliphatic carbocycles. The van der Waals surface area contributed by atoms with Gasteiger partial charge in [0.1, 0.15) is 4.88 Å². The first kappa shape index (κ1) is 13.5. The monoisotopic (exact) mass is 269 g/mol. The fourth-order valence-corrected chi connectivity index (χ4v) is 3.41. The number of aliphatic hydroxyl groups excluding tert-OH is 1. The van der Waals surface area contributed by atoms with Gasteiger partial charge in [-0.3, -0.25) is 0 Å². The van der Waals surface area contributed by atoms with E-state index in [0.29, 0.717) is 23.3 Å². The molecule has 18 heavy (non-hydrogen) atoms. The maximum Gasteiger partial charge on any atom is 0.345 e. The highest BCUT2D eigenvalue weighted by Gasteiger charge is 2.25. The van der Waals surface area contributed by atoms with Crippen LogP contribution in [0.1, 0.15) is 33.8 Å². The molecular weight excluding hydrogens is 250 g/mol. The summed E-state index contributed by atoms with van der Waals surface area (Å²) >= 11 is 1.32. The van der Waals surface area contributed by atoms with Gasteiger partial charge in [-0.2, -0.15) is 0 Å². The van der Waals surface area contributed by atoms with Crippen molar-refractivity contribution in [2.75, 3.05) is 13.2 Å². The molecule has 4 nitrogen and oxygen atoms in total. The predicted molar refractivity (Wildman–Crippen MR) is 70.9 cm³/mol. The van der Waals surface area contributed by atoms with E-state index >= 15 is 0 Å². The van der Waals surface area contributed by atoms with E-state index in [4.69, 9.17) is 5.11 Å². The molecule has 0 aromatic carbocycles. The molecule has 2 atom stereocenters. The van der Waals surface area contributed by atoms with E-state index in [0.717, 1.165) is 17.8 Å². The van der Waals surface area contributed by atoms with Crippen LogP contribution in [0.3, 0.4) is 0 Å². The smallest absolute Gasteiger partial charge is 0.345 e. The Morgan fingerprint density at radius 2 is 2.17 bits per heavy atom. The summed E-state index contributed by atoms with van der Waals surface area (Å²) in [5.74, 6) is 0.145. The highest BCUT2D eigenvalue weighted by molar-refractivity contribution is 7.13. The lowest BCUT2D eigenvalue weighted by atomic mass is 9.97. The highest BCUT2D eigenvalue weighted by atomic mass is 32.1. The molecule has 5 heteroatoms. The van der Waals surface area contributed by atoms with Gasteiger partial charge in [-0.25, -0.2) is 4.79 Å². The lowest BCUT2D eigenvalue weighted by Crippen LogP contribution is -2.26. The molecule has 2 unspecified atom stereocenters. The van der Waals surface area contributed by atoms with E-state index in [9.17, 15) is 9.90 Å². The van der Waals surface area contributed by atoms with Crippen LogP contribution in [0.25, 0.3) is 0 Å². The van der Waals surface area contributed by atoms with E-state index in [-0.39, 0.29) is 6.61 Å². The number of hydrogen-bond acceptors (Lipinski definition) is 4. The molecule has 0 radical (unpaired) electrons. The molecule has 3 N–H and O–H groups in total. The number of nitrogens with one attached hydrogen (secondary N) is 1. The second kappa shape index (κ2) is 6.31. The molecule has 0 aliphatic heterocycles. The molecule has 0 saturated heterocycles. The van der Waals surface area contributed by atoms with Crippen molar-refractivity contribution in [3.05, 3.63) is 21.9 Å². The van der Waals surface area contributed by atoms with Gasteiger partial charge < -0.3 is 15.5 Å². The third kappa shape index (κ3) is 3.31. The van der Waals surface area contributed by atoms with Crippen molar-refractivity contribution >= 4 is 17.3 Å². The van der Waals surface area contributed by atoms with Crippen molar-refractivity contribution < 1.29 is 15.0 Å². The highest BCUT2D eigenvalue weighted by Crippen LogP contribution is 2.30. The first-order valence-electron chi connectivity index (χ1n) is 6.34. The van der Waals surface area contributed by atoms with Crippen LogP contribution >= 0.6 is 11.3 Å². The summed E-state index contributed by atoms with van der Waals surface area (Å²) in [6.45, 7) is 1.91. The SMILES string of the molecule is O=C(O)c1ccc(CNCC2CCCC2CO)s1. The van der Waals surface area contributed by atoms with Crippen molar-refractivity contribution in [3.8, 4) is 0 Å². The van der Waals surface area contributed by atoms with E-state index in [1.54, 1.807) is 6.07 Å². The van der Waals surface area contributed by atoms with Gasteiger partial charge in [-0.05, 0) is 43.4 Å². The molecule has 1 fully saturated rings. The first-order valence-corrected chi connectivity index (χ1v) is 7.16. The number of carboxylic acids is 1. The van der Waals surface area contributed by atoms with Gasteiger partial charge in [-0.1, -0.05) is 6.42 Å². The van der Waals surface area contributed by atoms with Crippen molar-refractivity contribution in [1.29, 1.82) is 0 Å². The Morgan fingerprint density at radius 3 is 2.83 bits per heavy atom. The minimum atomic E-state index is -0.859. The van der Waals surface area contributed by atoms with Gasteiger partial charge in [0.05, 0.1) is 0 Å². The lowest BCUT2D eigenvalue weighted by Gasteiger charge is -2.17. The number of aromatic carboxylic acids is 1. The third-order valence-electron chi connectivity index (χ3n) is 3.63. The quantitative estimate of drug-likeness (QED) is 0.738. The van der Waals surface area contributed by atoms with Crippen LogP contribution in [0, 0.1) is 11.8 Å². The summed E-state index contributed by atoms with van der Waals surface area (Å²) in [5, 5.41) is 21.4. The second-order valence-corrected chi connectivity index (χ2v) is 6.00. The zero-order valence-corrected chi connectivity index (χ0v) is 11.1. The number of carbonyl (C=O) groups is 1. The lowest BCUT2D eigenvalue weighted by molar-refractivity contribution is 0.0702. The molecule has 0 amide bonds. The summed E-state index contributed by atoms with van der Waals surface area (Å²) in [7, 11) is 0. The molecule has 1 aromatic rings. The summed E-state index contributed by atoms with van der Waals surface area (Å²) in [4.78, 5) is 12.2. The Kier molecular flexibility index (Phi) is 4.74. The number of rotatable bonds is 6. The van der Waals surface area contributed by atoms with Crippen LogP contribution in [0.4, 0.5) is 0 Å². The second-order valence-electron chi connectivity index (χ2n) is 4.84. The molecule has 100 valence electrons. The van der Waals surface area contributed by atoms with Crippen molar-refractivity contribution in [2.24, 2.45) is 11.8 Å². The van der Waals surface area contributed by atoms with E-state index in [1.807, 2.05) is 6.07 Å². The number of aliphatic hydroxyl groups is 1. The Morgan fingerprint density at radius 1 is 1.39 bits per heavy atom. The summed E-state index contributed by atoms with van der Waals surface area (Å²) in [5.41, 5.74) is 0. The van der Waals surface area contributed by atoms with Gasteiger partial charge in [0, 0.05) is 18.0 Å². The minimum absolute atomic E-state index is 0.286. The van der Waals surface area contributed by atoms with Crippen LogP contribution < -0.4 is 5.32 Å². The van der Waals surface area contributed by atoms with Crippen molar-refractivity contribution in [2.45, 2.75) is 25.8 Å². The largest absolute Gasteiger partial charge is 0.477 e. The van der Waals surface area contributed by atoms with Gasteiger partial charge in [0.2, 0.25) is 0 Å². The van der Waals surface area contributed by atoms with Crippen LogP contribution in [-0.4, -0.2) is 29.3 Å². The van der Waals surface area contributed by atoms with Gasteiger partial charge in [0.15, 0.2) is 0 Å². The van der Waals surface area contributed by atoms with Crippen molar-refractivity contribution in [1.82, 2.24) is 5.32 Å². The summed E-state index contributed by atoms with van der Waals surface area (Å²) in [6, 6.07) is 3.51. The minimum Gasteiger partial charge on any atom is -0.477 e. The van der Waals surface area contributed by atoms with Crippen LogP contribution in [0.15, 0.2) is 12.1 Å². The van der Waals surface area contributed by atoms with Gasteiger partial charge >= 0.3 is 5.97 Å². The fourth-order valence-electron chi connectivity index (χ4n) is 2.59. The van der Waals surface area contributed by atoms with E-state index < -0.39 is 5.97 Å². The van der Waals surface area contributed by atoms with E-state index in [2.05, 4.69) is 5.32 Å². The molecule has 1 aromatic heterocycles. The maximum absolute atomic E-state index is 10.7. The van der Waals surface area contributed by atoms with Crippen molar-refractivity contribution in [3.63, 3.8) is 0 Å². The first-order chi connectivity index (χ1) is 8.70. The molecule has 2 rings (SSSR count). The number of carboxylic acid groups (broad SMARTS) is 1. The topological polar surface area (TPSA) is 69.6 Å². The molecule has 1 aliphatic rings. The van der Waals surface area contributed by atoms with Crippen LogP contribution in [0.2, 0.25) is 0 Å². The normalized spacial score (nSPS) is 23.4. The molecule has 1 saturated carbocycles. The molecule has 0 spiro atoms. The predicted octanol–water partition coefficient (Wildman–Crippen LogP) is 1.94. The zero-order valence-electron chi connectivity index (χ0n) is 10.3.